The number of anilines is 1. The third-order valence-electron chi connectivity index (χ3n) is 1.55. The van der Waals surface area contributed by atoms with E-state index in [1.54, 1.807) is 0 Å². The summed E-state index contributed by atoms with van der Waals surface area (Å²) in [5, 5.41) is 2.94. The van der Waals surface area contributed by atoms with E-state index in [1.165, 1.54) is 0 Å². The zero-order chi connectivity index (χ0) is 9.52. The Hall–Kier alpha value is -1.32. The average Bonchev–Trinajstić information content (AvgIpc) is 2.17. The van der Waals surface area contributed by atoms with Crippen LogP contribution in [0.1, 0.15) is 6.92 Å². The Labute approximate surface area is 78.4 Å². The molecule has 1 aromatic rings. The zero-order valence-corrected chi connectivity index (χ0v) is 7.62. The summed E-state index contributed by atoms with van der Waals surface area (Å²) >= 11 is 0. The van der Waals surface area contributed by atoms with E-state index in [4.69, 9.17) is 4.74 Å². The van der Waals surface area contributed by atoms with Gasteiger partial charge < -0.3 is 0 Å². The Balaban J connectivity index is 2.53. The quantitative estimate of drug-likeness (QED) is 0.692. The van der Waals surface area contributed by atoms with Gasteiger partial charge in [-0.2, -0.15) is 0 Å². The van der Waals surface area contributed by atoms with Gasteiger partial charge in [0.1, 0.15) is 0 Å². The van der Waals surface area contributed by atoms with Crippen molar-refractivity contribution in [3.8, 4) is 5.75 Å². The van der Waals surface area contributed by atoms with Crippen molar-refractivity contribution in [1.29, 1.82) is 0 Å². The molecule has 0 saturated heterocycles. The van der Waals surface area contributed by atoms with Crippen molar-refractivity contribution < 1.29 is 9.44 Å². The molecule has 0 aromatic heterocycles. The van der Waals surface area contributed by atoms with Crippen molar-refractivity contribution in [3.05, 3.63) is 24.3 Å². The van der Waals surface area contributed by atoms with E-state index >= 15 is 0 Å². The molecule has 0 fully saturated rings. The Morgan fingerprint density at radius 1 is 1.38 bits per heavy atom. The second kappa shape index (κ2) is 5.35. The Kier molecular flexibility index (Phi) is 4.02. The van der Waals surface area contributed by atoms with Gasteiger partial charge in [0, 0.05) is 0 Å². The molecule has 0 unspecified atom stereocenters. The van der Waals surface area contributed by atoms with Crippen LogP contribution in [-0.2, 0) is 4.70 Å². The maximum atomic E-state index is 10.1. The third kappa shape index (κ3) is 3.28. The number of rotatable bonds is 5. The van der Waals surface area contributed by atoms with Gasteiger partial charge in [0.2, 0.25) is 0 Å². The number of nitrogens with one attached hydrogen (secondary N) is 1. The fourth-order valence-corrected chi connectivity index (χ4v) is 0.995. The summed E-state index contributed by atoms with van der Waals surface area (Å²) < 4.78 is 15.3. The number of hydrogen-bond donors (Lipinski definition) is 1. The molecule has 3 nitrogen and oxygen atoms in total. The van der Waals surface area contributed by atoms with Crippen molar-refractivity contribution in [3.63, 3.8) is 0 Å². The van der Waals surface area contributed by atoms with E-state index in [-0.39, 0.29) is 0 Å². The first kappa shape index (κ1) is 9.77. The molecule has 0 aliphatic rings. The molecule has 13 heavy (non-hydrogen) atoms. The Morgan fingerprint density at radius 2 is 2.08 bits per heavy atom. The molecule has 0 radical (unpaired) electrons. The van der Waals surface area contributed by atoms with Gasteiger partial charge in [0.15, 0.2) is 0 Å². The molecular formula is C9H12BNO2. The summed E-state index contributed by atoms with van der Waals surface area (Å²) in [4.78, 5) is 0. The molecule has 0 saturated carbocycles. The second-order valence-corrected chi connectivity index (χ2v) is 2.50. The van der Waals surface area contributed by atoms with Crippen LogP contribution in [0.15, 0.2) is 24.3 Å². The molecule has 4 heteroatoms. The van der Waals surface area contributed by atoms with Crippen LogP contribution in [0.4, 0.5) is 5.69 Å². The molecular weight excluding hydrogens is 165 g/mol. The fraction of sp³-hybridized carbons (Fsp3) is 0.333. The number of benzene rings is 1. The molecule has 0 aliphatic carbocycles. The Bertz CT molecular complexity index is 261. The standard InChI is InChI=1S/C9H12BNO2/c1-2-13-9-5-3-8(4-6-9)11-7-10-12/h3-6,11H,2,7H2,1H3. The first-order valence-corrected chi connectivity index (χ1v) is 4.27. The van der Waals surface area contributed by atoms with Gasteiger partial charge in [-0.15, -0.1) is 0 Å². The third-order valence-corrected chi connectivity index (χ3v) is 1.55. The number of hydrogen-bond acceptors (Lipinski definition) is 3. The van der Waals surface area contributed by atoms with E-state index in [2.05, 4.69) is 5.32 Å². The van der Waals surface area contributed by atoms with Gasteiger partial charge >= 0.3 is 77.6 Å². The van der Waals surface area contributed by atoms with Crippen LogP contribution in [-0.4, -0.2) is 20.2 Å². The molecule has 0 atom stereocenters. The maximum absolute atomic E-state index is 10.1. The summed E-state index contributed by atoms with van der Waals surface area (Å²) in [6, 6.07) is 7.51. The van der Waals surface area contributed by atoms with E-state index < -0.39 is 0 Å². The molecule has 0 amide bonds. The van der Waals surface area contributed by atoms with Crippen LogP contribution in [0.3, 0.4) is 0 Å². The van der Waals surface area contributed by atoms with Gasteiger partial charge in [-0.05, 0) is 0 Å². The van der Waals surface area contributed by atoms with Crippen LogP contribution >= 0.6 is 0 Å². The molecule has 1 rings (SSSR count). The van der Waals surface area contributed by atoms with Crippen LogP contribution in [0, 0.1) is 0 Å². The molecule has 0 aliphatic heterocycles. The second-order valence-electron chi connectivity index (χ2n) is 2.50. The topological polar surface area (TPSA) is 38.3 Å². The molecule has 1 aromatic carbocycles. The molecule has 0 spiro atoms. The first-order valence-electron chi connectivity index (χ1n) is 4.27. The fourth-order valence-electron chi connectivity index (χ4n) is 0.995. The SMILES string of the molecule is CCOc1ccc(NCB=O)cc1. The van der Waals surface area contributed by atoms with Crippen LogP contribution in [0.5, 0.6) is 5.75 Å². The summed E-state index contributed by atoms with van der Waals surface area (Å²) in [6.07, 6.45) is 0.341. The molecule has 0 bridgehead atoms. The summed E-state index contributed by atoms with van der Waals surface area (Å²) in [5.74, 6) is 0.846. The van der Waals surface area contributed by atoms with Crippen molar-refractivity contribution in [1.82, 2.24) is 0 Å². The average molecular weight is 177 g/mol. The summed E-state index contributed by atoms with van der Waals surface area (Å²) in [6.45, 7) is 2.61. The van der Waals surface area contributed by atoms with E-state index in [0.29, 0.717) is 13.1 Å². The molecule has 68 valence electrons. The van der Waals surface area contributed by atoms with Crippen LogP contribution in [0.25, 0.3) is 0 Å². The van der Waals surface area contributed by atoms with E-state index in [1.807, 2.05) is 31.2 Å². The predicted octanol–water partition coefficient (Wildman–Crippen LogP) is 1.50. The van der Waals surface area contributed by atoms with Gasteiger partial charge in [-0.3, -0.25) is 0 Å². The monoisotopic (exact) mass is 177 g/mol. The Morgan fingerprint density at radius 3 is 2.62 bits per heavy atom. The van der Waals surface area contributed by atoms with Crippen molar-refractivity contribution in [2.75, 3.05) is 18.4 Å². The summed E-state index contributed by atoms with van der Waals surface area (Å²) in [5.41, 5.74) is 0.926. The minimum absolute atomic E-state index is 0.341. The number of ether oxygens (including phenoxy) is 1. The van der Waals surface area contributed by atoms with Crippen molar-refractivity contribution in [2.24, 2.45) is 0 Å². The predicted molar refractivity (Wildman–Crippen MR) is 52.5 cm³/mol. The van der Waals surface area contributed by atoms with Gasteiger partial charge in [-0.1, -0.05) is 0 Å². The van der Waals surface area contributed by atoms with Gasteiger partial charge in [0.05, 0.1) is 0 Å². The molecule has 1 N–H and O–H groups in total. The summed E-state index contributed by atoms with van der Waals surface area (Å²) in [7, 11) is 0.830. The van der Waals surface area contributed by atoms with Crippen LogP contribution < -0.4 is 10.1 Å². The van der Waals surface area contributed by atoms with Crippen molar-refractivity contribution in [2.45, 2.75) is 6.92 Å². The van der Waals surface area contributed by atoms with Gasteiger partial charge in [0.25, 0.3) is 0 Å². The minimum atomic E-state index is 0.341. The van der Waals surface area contributed by atoms with E-state index in [0.717, 1.165) is 18.6 Å². The van der Waals surface area contributed by atoms with Crippen LogP contribution in [0.2, 0.25) is 0 Å². The molecule has 0 heterocycles. The zero-order valence-electron chi connectivity index (χ0n) is 7.62. The van der Waals surface area contributed by atoms with E-state index in [9.17, 15) is 4.70 Å². The normalized spacial score (nSPS) is 9.00. The van der Waals surface area contributed by atoms with Crippen molar-refractivity contribution >= 4 is 12.8 Å². The van der Waals surface area contributed by atoms with Gasteiger partial charge in [-0.25, -0.2) is 0 Å². The first-order chi connectivity index (χ1) is 6.36.